The molecule has 0 aromatic heterocycles. The number of carbonyl (C=O) groups excluding carboxylic acids is 1. The maximum absolute atomic E-state index is 11.9. The van der Waals surface area contributed by atoms with Gasteiger partial charge in [-0.05, 0) is 18.6 Å². The number of carbonyl (C=O) groups is 1. The highest BCUT2D eigenvalue weighted by molar-refractivity contribution is 7.89. The zero-order valence-electron chi connectivity index (χ0n) is 11.6. The van der Waals surface area contributed by atoms with Gasteiger partial charge in [0.15, 0.2) is 5.78 Å². The van der Waals surface area contributed by atoms with Crippen LogP contribution in [0.25, 0.3) is 0 Å². The van der Waals surface area contributed by atoms with E-state index in [-0.39, 0.29) is 16.6 Å². The fourth-order valence-corrected chi connectivity index (χ4v) is 2.67. The van der Waals surface area contributed by atoms with Gasteiger partial charge < -0.3 is 0 Å². The smallest absolute Gasteiger partial charge is 0.240 e. The van der Waals surface area contributed by atoms with Crippen molar-refractivity contribution in [3.63, 3.8) is 0 Å². The van der Waals surface area contributed by atoms with Gasteiger partial charge in [0.05, 0.1) is 4.90 Å². The van der Waals surface area contributed by atoms with Gasteiger partial charge >= 0.3 is 0 Å². The molecule has 0 atom stereocenters. The molecule has 0 aliphatic carbocycles. The van der Waals surface area contributed by atoms with E-state index in [9.17, 15) is 13.2 Å². The first-order valence-corrected chi connectivity index (χ1v) is 8.00. The average molecular weight is 283 g/mol. The largest absolute Gasteiger partial charge is 0.294 e. The summed E-state index contributed by atoms with van der Waals surface area (Å²) in [7, 11) is -3.46. The van der Waals surface area contributed by atoms with Crippen LogP contribution < -0.4 is 4.72 Å². The topological polar surface area (TPSA) is 63.2 Å². The van der Waals surface area contributed by atoms with E-state index >= 15 is 0 Å². The monoisotopic (exact) mass is 283 g/mol. The standard InChI is InChI=1S/C14H21NO3S/c1-4-5-10-15-19(17,18)13-8-6-12(7-9-13)14(16)11(2)3/h6-9,11,15H,4-5,10H2,1-3H3. The van der Waals surface area contributed by atoms with Crippen LogP contribution in [-0.4, -0.2) is 20.7 Å². The number of nitrogens with one attached hydrogen (secondary N) is 1. The van der Waals surface area contributed by atoms with E-state index in [1.807, 2.05) is 20.8 Å². The quantitative estimate of drug-likeness (QED) is 0.618. The molecular weight excluding hydrogens is 262 g/mol. The van der Waals surface area contributed by atoms with Gasteiger partial charge in [0.1, 0.15) is 0 Å². The van der Waals surface area contributed by atoms with Gasteiger partial charge in [-0.3, -0.25) is 4.79 Å². The summed E-state index contributed by atoms with van der Waals surface area (Å²) in [5.74, 6) is -0.0759. The first-order chi connectivity index (χ1) is 8.88. The van der Waals surface area contributed by atoms with E-state index < -0.39 is 10.0 Å². The highest BCUT2D eigenvalue weighted by atomic mass is 32.2. The molecule has 0 aliphatic heterocycles. The van der Waals surface area contributed by atoms with Crippen LogP contribution >= 0.6 is 0 Å². The SMILES string of the molecule is CCCCNS(=O)(=O)c1ccc(C(=O)C(C)C)cc1. The fraction of sp³-hybridized carbons (Fsp3) is 0.500. The van der Waals surface area contributed by atoms with E-state index in [2.05, 4.69) is 4.72 Å². The number of hydrogen-bond acceptors (Lipinski definition) is 3. The van der Waals surface area contributed by atoms with E-state index in [0.717, 1.165) is 12.8 Å². The summed E-state index contributed by atoms with van der Waals surface area (Å²) in [4.78, 5) is 11.9. The third-order valence-electron chi connectivity index (χ3n) is 2.80. The minimum atomic E-state index is -3.46. The molecule has 0 fully saturated rings. The van der Waals surface area contributed by atoms with Crippen molar-refractivity contribution < 1.29 is 13.2 Å². The molecule has 0 saturated carbocycles. The highest BCUT2D eigenvalue weighted by Crippen LogP contribution is 2.13. The van der Waals surface area contributed by atoms with Crippen molar-refractivity contribution in [2.24, 2.45) is 5.92 Å². The molecule has 4 nitrogen and oxygen atoms in total. The van der Waals surface area contributed by atoms with Crippen molar-refractivity contribution in [1.29, 1.82) is 0 Å². The normalized spacial score (nSPS) is 11.8. The Labute approximate surface area is 115 Å². The summed E-state index contributed by atoms with van der Waals surface area (Å²) in [6.45, 7) is 6.07. The van der Waals surface area contributed by atoms with Crippen LogP contribution in [0.15, 0.2) is 29.2 Å². The summed E-state index contributed by atoms with van der Waals surface area (Å²) in [6.07, 6.45) is 1.74. The lowest BCUT2D eigenvalue weighted by Crippen LogP contribution is -2.24. The Morgan fingerprint density at radius 2 is 1.79 bits per heavy atom. The molecule has 0 aliphatic rings. The first-order valence-electron chi connectivity index (χ1n) is 6.52. The summed E-state index contributed by atoms with van der Waals surface area (Å²) >= 11 is 0. The van der Waals surface area contributed by atoms with Crippen LogP contribution in [0.5, 0.6) is 0 Å². The molecule has 0 saturated heterocycles. The number of unbranched alkanes of at least 4 members (excludes halogenated alkanes) is 1. The molecule has 0 amide bonds. The predicted molar refractivity (Wildman–Crippen MR) is 75.7 cm³/mol. The molecule has 0 spiro atoms. The Kier molecular flexibility index (Phi) is 5.69. The maximum Gasteiger partial charge on any atom is 0.240 e. The summed E-state index contributed by atoms with van der Waals surface area (Å²) in [6, 6.07) is 6.08. The van der Waals surface area contributed by atoms with Crippen LogP contribution in [-0.2, 0) is 10.0 Å². The van der Waals surface area contributed by atoms with Crippen molar-refractivity contribution in [2.45, 2.75) is 38.5 Å². The van der Waals surface area contributed by atoms with E-state index in [1.54, 1.807) is 12.1 Å². The number of hydrogen-bond donors (Lipinski definition) is 1. The highest BCUT2D eigenvalue weighted by Gasteiger charge is 2.15. The van der Waals surface area contributed by atoms with Gasteiger partial charge in [0.25, 0.3) is 0 Å². The lowest BCUT2D eigenvalue weighted by Gasteiger charge is -2.08. The second kappa shape index (κ2) is 6.82. The molecule has 1 aromatic rings. The molecule has 0 radical (unpaired) electrons. The molecule has 1 rings (SSSR count). The fourth-order valence-electron chi connectivity index (χ4n) is 1.60. The molecule has 0 heterocycles. The Bertz CT molecular complexity index is 518. The van der Waals surface area contributed by atoms with Gasteiger partial charge in [0, 0.05) is 18.0 Å². The molecule has 106 valence electrons. The van der Waals surface area contributed by atoms with Gasteiger partial charge in [-0.1, -0.05) is 39.3 Å². The summed E-state index contributed by atoms with van der Waals surface area (Å²) < 4.78 is 26.4. The number of benzene rings is 1. The zero-order valence-corrected chi connectivity index (χ0v) is 12.5. The third-order valence-corrected chi connectivity index (χ3v) is 4.27. The first kappa shape index (κ1) is 15.9. The molecule has 1 aromatic carbocycles. The molecule has 19 heavy (non-hydrogen) atoms. The Morgan fingerprint density at radius 3 is 2.26 bits per heavy atom. The maximum atomic E-state index is 11.9. The summed E-state index contributed by atoms with van der Waals surface area (Å²) in [5, 5.41) is 0. The van der Waals surface area contributed by atoms with Crippen LogP contribution in [0.2, 0.25) is 0 Å². The van der Waals surface area contributed by atoms with Crippen LogP contribution in [0.1, 0.15) is 44.0 Å². The molecule has 0 unspecified atom stereocenters. The molecular formula is C14H21NO3S. The molecule has 5 heteroatoms. The van der Waals surface area contributed by atoms with Crippen molar-refractivity contribution in [3.05, 3.63) is 29.8 Å². The zero-order chi connectivity index (χ0) is 14.5. The van der Waals surface area contributed by atoms with Crippen molar-refractivity contribution in [1.82, 2.24) is 4.72 Å². The van der Waals surface area contributed by atoms with Crippen LogP contribution in [0, 0.1) is 5.92 Å². The summed E-state index contributed by atoms with van der Waals surface area (Å²) in [5.41, 5.74) is 0.544. The van der Waals surface area contributed by atoms with Crippen molar-refractivity contribution in [2.75, 3.05) is 6.54 Å². The minimum Gasteiger partial charge on any atom is -0.294 e. The Balaban J connectivity index is 2.84. The van der Waals surface area contributed by atoms with Crippen LogP contribution in [0.3, 0.4) is 0 Å². The van der Waals surface area contributed by atoms with Gasteiger partial charge in [0.2, 0.25) is 10.0 Å². The lowest BCUT2D eigenvalue weighted by atomic mass is 10.0. The molecule has 0 bridgehead atoms. The lowest BCUT2D eigenvalue weighted by molar-refractivity contribution is 0.0939. The van der Waals surface area contributed by atoms with Crippen molar-refractivity contribution >= 4 is 15.8 Å². The van der Waals surface area contributed by atoms with E-state index in [4.69, 9.17) is 0 Å². The van der Waals surface area contributed by atoms with Gasteiger partial charge in [-0.2, -0.15) is 0 Å². The van der Waals surface area contributed by atoms with Gasteiger partial charge in [-0.15, -0.1) is 0 Å². The Hall–Kier alpha value is -1.20. The second-order valence-corrected chi connectivity index (χ2v) is 6.56. The minimum absolute atomic E-state index is 0.0166. The number of ketones is 1. The number of Topliss-reactive ketones (excluding diaryl/α,β-unsaturated/α-hetero) is 1. The van der Waals surface area contributed by atoms with E-state index in [1.165, 1.54) is 12.1 Å². The van der Waals surface area contributed by atoms with Crippen molar-refractivity contribution in [3.8, 4) is 0 Å². The second-order valence-electron chi connectivity index (χ2n) is 4.79. The Morgan fingerprint density at radius 1 is 1.21 bits per heavy atom. The van der Waals surface area contributed by atoms with Crippen LogP contribution in [0.4, 0.5) is 0 Å². The predicted octanol–water partition coefficient (Wildman–Crippen LogP) is 2.60. The average Bonchev–Trinajstić information content (AvgIpc) is 2.38. The van der Waals surface area contributed by atoms with E-state index in [0.29, 0.717) is 12.1 Å². The van der Waals surface area contributed by atoms with Gasteiger partial charge in [-0.25, -0.2) is 13.1 Å². The number of rotatable bonds is 7. The number of sulfonamides is 1. The third kappa shape index (κ3) is 4.44. The molecule has 1 N–H and O–H groups in total.